The third kappa shape index (κ3) is 3.47. The van der Waals surface area contributed by atoms with Crippen LogP contribution in [0, 0.1) is 0 Å². The summed E-state index contributed by atoms with van der Waals surface area (Å²) in [6, 6.07) is 14.3. The maximum Gasteiger partial charge on any atom is 0.267 e. The van der Waals surface area contributed by atoms with Gasteiger partial charge in [0, 0.05) is 18.2 Å². The Kier molecular flexibility index (Phi) is 5.35. The van der Waals surface area contributed by atoms with E-state index in [-0.39, 0.29) is 5.91 Å². The lowest BCUT2D eigenvalue weighted by Crippen LogP contribution is -2.51. The molecule has 2 amide bonds. The topological polar surface area (TPSA) is 95.7 Å². The number of aryl methyl sites for hydroxylation is 1. The smallest absolute Gasteiger partial charge is 0.267 e. The monoisotopic (exact) mass is 353 g/mol. The minimum absolute atomic E-state index is 0.264. The fourth-order valence-electron chi connectivity index (χ4n) is 3.35. The molecule has 0 spiro atoms. The molecule has 0 aromatic heterocycles. The van der Waals surface area contributed by atoms with E-state index in [1.807, 2.05) is 12.1 Å². The van der Waals surface area contributed by atoms with Crippen LogP contribution in [0.25, 0.3) is 11.1 Å². The molecule has 1 heterocycles. The third-order valence-corrected chi connectivity index (χ3v) is 4.91. The zero-order chi connectivity index (χ0) is 18.7. The van der Waals surface area contributed by atoms with Crippen molar-refractivity contribution in [1.82, 2.24) is 10.4 Å². The molecular weight excluding hydrogens is 330 g/mol. The minimum atomic E-state index is -0.853. The summed E-state index contributed by atoms with van der Waals surface area (Å²) in [7, 11) is 0. The maximum absolute atomic E-state index is 12.8. The van der Waals surface area contributed by atoms with E-state index in [0.29, 0.717) is 18.5 Å². The number of carbonyl (C=O) groups excluding carboxylic acids is 2. The number of hydroxylamine groups is 1. The molecule has 6 nitrogen and oxygen atoms in total. The Balaban J connectivity index is 1.79. The van der Waals surface area contributed by atoms with Crippen LogP contribution in [0.1, 0.15) is 29.3 Å². The second-order valence-corrected chi connectivity index (χ2v) is 6.50. The molecule has 136 valence electrons. The van der Waals surface area contributed by atoms with Crippen molar-refractivity contribution in [3.05, 3.63) is 59.7 Å². The molecule has 0 radical (unpaired) electrons. The van der Waals surface area contributed by atoms with Crippen molar-refractivity contribution in [2.24, 2.45) is 5.73 Å². The summed E-state index contributed by atoms with van der Waals surface area (Å²) in [5.41, 5.74) is 11.4. The number of benzene rings is 2. The van der Waals surface area contributed by atoms with Crippen LogP contribution < -0.4 is 11.2 Å². The van der Waals surface area contributed by atoms with Gasteiger partial charge in [0.25, 0.3) is 11.8 Å². The largest absolute Gasteiger partial charge is 0.325 e. The number of amides is 2. The summed E-state index contributed by atoms with van der Waals surface area (Å²) < 4.78 is 0. The summed E-state index contributed by atoms with van der Waals surface area (Å²) in [5.74, 6) is -0.921. The van der Waals surface area contributed by atoms with Crippen molar-refractivity contribution in [3.8, 4) is 11.1 Å². The van der Waals surface area contributed by atoms with Crippen LogP contribution in [0.5, 0.6) is 0 Å². The standard InChI is InChI=1S/C20H23N3O3/c1-2-13-3-5-14(6-4-13)15-7-9-16(10-8-15)20(25)23-12-11-17(21)18(23)19(24)22-26/h3-10,17-18,26H,2,11-12,21H2,1H3,(H,22,24)/t17-,18+/m1/s1. The van der Waals surface area contributed by atoms with E-state index in [2.05, 4.69) is 31.2 Å². The highest BCUT2D eigenvalue weighted by Gasteiger charge is 2.40. The predicted octanol–water partition coefficient (Wildman–Crippen LogP) is 1.96. The average molecular weight is 353 g/mol. The quantitative estimate of drug-likeness (QED) is 0.578. The first-order valence-electron chi connectivity index (χ1n) is 8.75. The molecule has 1 saturated heterocycles. The maximum atomic E-state index is 12.8. The second-order valence-electron chi connectivity index (χ2n) is 6.50. The Morgan fingerprint density at radius 1 is 1.12 bits per heavy atom. The Morgan fingerprint density at radius 3 is 2.23 bits per heavy atom. The third-order valence-electron chi connectivity index (χ3n) is 4.91. The number of rotatable bonds is 4. The lowest BCUT2D eigenvalue weighted by molar-refractivity contribution is -0.133. The van der Waals surface area contributed by atoms with Gasteiger partial charge in [0.1, 0.15) is 6.04 Å². The molecule has 1 fully saturated rings. The molecule has 1 aliphatic rings. The van der Waals surface area contributed by atoms with Crippen LogP contribution in [0.4, 0.5) is 0 Å². The van der Waals surface area contributed by atoms with Gasteiger partial charge in [-0.3, -0.25) is 14.8 Å². The van der Waals surface area contributed by atoms with Crippen molar-refractivity contribution < 1.29 is 14.8 Å². The van der Waals surface area contributed by atoms with E-state index >= 15 is 0 Å². The van der Waals surface area contributed by atoms with Crippen molar-refractivity contribution >= 4 is 11.8 Å². The van der Waals surface area contributed by atoms with Crippen LogP contribution >= 0.6 is 0 Å². The van der Waals surface area contributed by atoms with Crippen LogP contribution in [0.3, 0.4) is 0 Å². The van der Waals surface area contributed by atoms with Gasteiger partial charge < -0.3 is 10.6 Å². The van der Waals surface area contributed by atoms with Crippen molar-refractivity contribution in [2.75, 3.05) is 6.54 Å². The first-order chi connectivity index (χ1) is 12.5. The predicted molar refractivity (Wildman–Crippen MR) is 98.6 cm³/mol. The summed E-state index contributed by atoms with van der Waals surface area (Å²) in [6.07, 6.45) is 1.51. The number of nitrogens with one attached hydrogen (secondary N) is 1. The number of hydrogen-bond acceptors (Lipinski definition) is 4. The molecule has 2 aromatic carbocycles. The first-order valence-corrected chi connectivity index (χ1v) is 8.75. The van der Waals surface area contributed by atoms with Gasteiger partial charge in [0.2, 0.25) is 0 Å². The molecule has 2 aromatic rings. The van der Waals surface area contributed by atoms with Gasteiger partial charge in [-0.2, -0.15) is 0 Å². The number of nitrogens with two attached hydrogens (primary N) is 1. The molecular formula is C20H23N3O3. The van der Waals surface area contributed by atoms with Crippen LogP contribution in [-0.2, 0) is 11.2 Å². The lowest BCUT2D eigenvalue weighted by Gasteiger charge is -2.25. The molecule has 26 heavy (non-hydrogen) atoms. The van der Waals surface area contributed by atoms with E-state index < -0.39 is 18.0 Å². The molecule has 0 unspecified atom stereocenters. The highest BCUT2D eigenvalue weighted by molar-refractivity contribution is 5.98. The molecule has 2 atom stereocenters. The molecule has 1 aliphatic heterocycles. The highest BCUT2D eigenvalue weighted by Crippen LogP contribution is 2.23. The average Bonchev–Trinajstić information content (AvgIpc) is 3.08. The van der Waals surface area contributed by atoms with E-state index in [9.17, 15) is 9.59 Å². The summed E-state index contributed by atoms with van der Waals surface area (Å²) in [5, 5.41) is 8.89. The van der Waals surface area contributed by atoms with E-state index in [1.54, 1.807) is 17.6 Å². The van der Waals surface area contributed by atoms with Gasteiger partial charge in [-0.05, 0) is 41.7 Å². The van der Waals surface area contributed by atoms with Gasteiger partial charge in [0.15, 0.2) is 0 Å². The Labute approximate surface area is 152 Å². The second kappa shape index (κ2) is 7.68. The molecule has 6 heteroatoms. The molecule has 3 rings (SSSR count). The molecule has 0 saturated carbocycles. The zero-order valence-electron chi connectivity index (χ0n) is 14.7. The van der Waals surface area contributed by atoms with Gasteiger partial charge in [-0.15, -0.1) is 0 Å². The van der Waals surface area contributed by atoms with E-state index in [0.717, 1.165) is 17.5 Å². The van der Waals surface area contributed by atoms with Crippen LogP contribution in [0.15, 0.2) is 48.5 Å². The Morgan fingerprint density at radius 2 is 1.69 bits per heavy atom. The number of likely N-dealkylation sites (tertiary alicyclic amines) is 1. The molecule has 0 aliphatic carbocycles. The molecule has 4 N–H and O–H groups in total. The number of nitrogens with zero attached hydrogens (tertiary/aromatic N) is 1. The van der Waals surface area contributed by atoms with Crippen molar-refractivity contribution in [1.29, 1.82) is 0 Å². The van der Waals surface area contributed by atoms with Gasteiger partial charge >= 0.3 is 0 Å². The number of hydrogen-bond donors (Lipinski definition) is 3. The summed E-state index contributed by atoms with van der Waals surface area (Å²) >= 11 is 0. The summed E-state index contributed by atoms with van der Waals surface area (Å²) in [4.78, 5) is 26.0. The number of carbonyl (C=O) groups is 2. The first kappa shape index (κ1) is 18.1. The molecule has 0 bridgehead atoms. The van der Waals surface area contributed by atoms with E-state index in [1.165, 1.54) is 10.5 Å². The SMILES string of the molecule is CCc1ccc(-c2ccc(C(=O)N3CC[C@@H](N)[C@H]3C(=O)NO)cc2)cc1. The van der Waals surface area contributed by atoms with Crippen LogP contribution in [0.2, 0.25) is 0 Å². The Hall–Kier alpha value is -2.70. The van der Waals surface area contributed by atoms with E-state index in [4.69, 9.17) is 10.9 Å². The van der Waals surface area contributed by atoms with Crippen LogP contribution in [-0.4, -0.2) is 40.5 Å². The van der Waals surface area contributed by atoms with Crippen molar-refractivity contribution in [2.45, 2.75) is 31.8 Å². The highest BCUT2D eigenvalue weighted by atomic mass is 16.5. The Bertz CT molecular complexity index is 787. The van der Waals surface area contributed by atoms with Gasteiger partial charge in [0.05, 0.1) is 0 Å². The van der Waals surface area contributed by atoms with Gasteiger partial charge in [-0.25, -0.2) is 5.48 Å². The van der Waals surface area contributed by atoms with Crippen molar-refractivity contribution in [3.63, 3.8) is 0 Å². The fraction of sp³-hybridized carbons (Fsp3) is 0.300. The summed E-state index contributed by atoms with van der Waals surface area (Å²) in [6.45, 7) is 2.50. The fourth-order valence-corrected chi connectivity index (χ4v) is 3.35. The zero-order valence-corrected chi connectivity index (χ0v) is 14.7. The minimum Gasteiger partial charge on any atom is -0.325 e. The lowest BCUT2D eigenvalue weighted by atomic mass is 10.0. The normalized spacial score (nSPS) is 19.4. The van der Waals surface area contributed by atoms with Gasteiger partial charge in [-0.1, -0.05) is 43.3 Å².